The lowest BCUT2D eigenvalue weighted by Gasteiger charge is -2.17. The molecule has 1 aromatic carbocycles. The lowest BCUT2D eigenvalue weighted by Crippen LogP contribution is -2.20. The van der Waals surface area contributed by atoms with Crippen LogP contribution >= 0.6 is 0 Å². The maximum absolute atomic E-state index is 12.1. The number of methoxy groups -OCH3 is 1. The molecule has 0 N–H and O–H groups in total. The molecule has 1 unspecified atom stereocenters. The SMILES string of the molecule is COC(=O)c1ccc2c(c1)S(=O)(=O)C(C)C=C2. The molecule has 1 heterocycles. The van der Waals surface area contributed by atoms with Crippen molar-refractivity contribution in [2.45, 2.75) is 17.1 Å². The largest absolute Gasteiger partial charge is 0.465 e. The van der Waals surface area contributed by atoms with Gasteiger partial charge in [0.2, 0.25) is 0 Å². The predicted octanol–water partition coefficient (Wildman–Crippen LogP) is 1.66. The van der Waals surface area contributed by atoms with Gasteiger partial charge in [0.05, 0.1) is 22.8 Å². The molecule has 0 radical (unpaired) electrons. The molecule has 1 atom stereocenters. The first kappa shape index (κ1) is 11.9. The molecule has 0 aromatic heterocycles. The summed E-state index contributed by atoms with van der Waals surface area (Å²) >= 11 is 0. The van der Waals surface area contributed by atoms with Crippen LogP contribution in [0, 0.1) is 0 Å². The summed E-state index contributed by atoms with van der Waals surface area (Å²) in [7, 11) is -2.12. The highest BCUT2D eigenvalue weighted by Crippen LogP contribution is 2.28. The van der Waals surface area contributed by atoms with Crippen molar-refractivity contribution in [1.29, 1.82) is 0 Å². The van der Waals surface area contributed by atoms with Gasteiger partial charge in [-0.3, -0.25) is 0 Å². The molecule has 0 bridgehead atoms. The summed E-state index contributed by atoms with van der Waals surface area (Å²) in [5.74, 6) is -0.537. The van der Waals surface area contributed by atoms with E-state index in [1.54, 1.807) is 31.2 Å². The summed E-state index contributed by atoms with van der Waals surface area (Å²) in [6, 6.07) is 4.54. The van der Waals surface area contributed by atoms with Crippen molar-refractivity contribution >= 4 is 21.9 Å². The summed E-state index contributed by atoms with van der Waals surface area (Å²) in [6.45, 7) is 1.61. The highest BCUT2D eigenvalue weighted by Gasteiger charge is 2.27. The Morgan fingerprint density at radius 2 is 2.06 bits per heavy atom. The Kier molecular flexibility index (Phi) is 2.79. The maximum Gasteiger partial charge on any atom is 0.337 e. The van der Waals surface area contributed by atoms with Crippen molar-refractivity contribution in [3.8, 4) is 0 Å². The van der Waals surface area contributed by atoms with Gasteiger partial charge >= 0.3 is 5.97 Å². The molecular weight excluding hydrogens is 240 g/mol. The van der Waals surface area contributed by atoms with E-state index in [0.717, 1.165) is 0 Å². The molecule has 0 fully saturated rings. The molecule has 17 heavy (non-hydrogen) atoms. The van der Waals surface area contributed by atoms with E-state index >= 15 is 0 Å². The summed E-state index contributed by atoms with van der Waals surface area (Å²) < 4.78 is 28.7. The Hall–Kier alpha value is -1.62. The lowest BCUT2D eigenvalue weighted by molar-refractivity contribution is 0.0600. The summed E-state index contributed by atoms with van der Waals surface area (Å²) in [6.07, 6.45) is 3.39. The average Bonchev–Trinajstić information content (AvgIpc) is 2.33. The molecule has 5 heteroatoms. The first-order valence-electron chi connectivity index (χ1n) is 5.11. The highest BCUT2D eigenvalue weighted by molar-refractivity contribution is 7.92. The number of carbonyl (C=O) groups excluding carboxylic acids is 1. The van der Waals surface area contributed by atoms with Crippen molar-refractivity contribution in [3.05, 3.63) is 35.4 Å². The van der Waals surface area contributed by atoms with Gasteiger partial charge in [-0.2, -0.15) is 0 Å². The van der Waals surface area contributed by atoms with Crippen molar-refractivity contribution in [2.24, 2.45) is 0 Å². The molecule has 0 saturated carbocycles. The topological polar surface area (TPSA) is 60.4 Å². The van der Waals surface area contributed by atoms with E-state index < -0.39 is 21.1 Å². The van der Waals surface area contributed by atoms with Gasteiger partial charge < -0.3 is 4.74 Å². The molecule has 0 spiro atoms. The maximum atomic E-state index is 12.1. The van der Waals surface area contributed by atoms with E-state index in [1.165, 1.54) is 13.2 Å². The van der Waals surface area contributed by atoms with Crippen LogP contribution in [0.1, 0.15) is 22.8 Å². The second-order valence-electron chi connectivity index (χ2n) is 3.85. The normalized spacial score (nSPS) is 20.7. The van der Waals surface area contributed by atoms with E-state index in [4.69, 9.17) is 0 Å². The van der Waals surface area contributed by atoms with E-state index in [2.05, 4.69) is 4.74 Å². The Bertz CT molecular complexity index is 599. The zero-order chi connectivity index (χ0) is 12.6. The zero-order valence-electron chi connectivity index (χ0n) is 9.51. The van der Waals surface area contributed by atoms with Gasteiger partial charge in [0.25, 0.3) is 0 Å². The molecule has 1 aliphatic heterocycles. The minimum atomic E-state index is -3.38. The van der Waals surface area contributed by atoms with E-state index in [1.807, 2.05) is 0 Å². The lowest BCUT2D eigenvalue weighted by atomic mass is 10.1. The van der Waals surface area contributed by atoms with Crippen LogP contribution in [0.15, 0.2) is 29.2 Å². The van der Waals surface area contributed by atoms with Crippen LogP contribution in [-0.4, -0.2) is 26.7 Å². The number of ether oxygens (including phenoxy) is 1. The number of rotatable bonds is 1. The average molecular weight is 252 g/mol. The van der Waals surface area contributed by atoms with Crippen LogP contribution < -0.4 is 0 Å². The number of sulfone groups is 1. The van der Waals surface area contributed by atoms with Crippen LogP contribution in [0.2, 0.25) is 0 Å². The third-order valence-corrected chi connectivity index (χ3v) is 4.88. The Morgan fingerprint density at radius 3 is 2.71 bits per heavy atom. The predicted molar refractivity (Wildman–Crippen MR) is 63.5 cm³/mol. The fourth-order valence-corrected chi connectivity index (χ4v) is 3.15. The highest BCUT2D eigenvalue weighted by atomic mass is 32.2. The summed E-state index contributed by atoms with van der Waals surface area (Å²) in [4.78, 5) is 11.5. The molecule has 0 aliphatic carbocycles. The number of esters is 1. The molecule has 2 rings (SSSR count). The van der Waals surface area contributed by atoms with Crippen molar-refractivity contribution < 1.29 is 17.9 Å². The Labute approximate surface area is 99.8 Å². The van der Waals surface area contributed by atoms with Crippen LogP contribution in [0.3, 0.4) is 0 Å². The number of carbonyl (C=O) groups is 1. The quantitative estimate of drug-likeness (QED) is 0.713. The van der Waals surface area contributed by atoms with Gasteiger partial charge in [-0.05, 0) is 24.6 Å². The first-order chi connectivity index (χ1) is 7.96. The summed E-state index contributed by atoms with van der Waals surface area (Å²) in [5.41, 5.74) is 0.855. The fourth-order valence-electron chi connectivity index (χ4n) is 1.71. The molecule has 0 amide bonds. The van der Waals surface area contributed by atoms with Gasteiger partial charge in [0.15, 0.2) is 9.84 Å². The molecular formula is C12H12O4S. The molecule has 4 nitrogen and oxygen atoms in total. The monoisotopic (exact) mass is 252 g/mol. The van der Waals surface area contributed by atoms with Gasteiger partial charge in [-0.1, -0.05) is 18.2 Å². The molecule has 1 aliphatic rings. The van der Waals surface area contributed by atoms with Crippen LogP contribution in [0.5, 0.6) is 0 Å². The van der Waals surface area contributed by atoms with Crippen LogP contribution in [0.4, 0.5) is 0 Å². The Morgan fingerprint density at radius 1 is 1.35 bits per heavy atom. The summed E-state index contributed by atoms with van der Waals surface area (Å²) in [5, 5.41) is -0.567. The second kappa shape index (κ2) is 4.00. The van der Waals surface area contributed by atoms with Gasteiger partial charge in [-0.25, -0.2) is 13.2 Å². The van der Waals surface area contributed by atoms with E-state index in [0.29, 0.717) is 5.56 Å². The Balaban J connectivity index is 2.63. The standard InChI is InChI=1S/C12H12O4S/c1-8-3-4-9-5-6-10(12(13)16-2)7-11(9)17(8,14)15/h3-8H,1-2H3. The van der Waals surface area contributed by atoms with Crippen molar-refractivity contribution in [1.82, 2.24) is 0 Å². The zero-order valence-corrected chi connectivity index (χ0v) is 10.3. The second-order valence-corrected chi connectivity index (χ2v) is 6.13. The first-order valence-corrected chi connectivity index (χ1v) is 6.66. The van der Waals surface area contributed by atoms with Crippen LogP contribution in [0.25, 0.3) is 6.08 Å². The third-order valence-electron chi connectivity index (χ3n) is 2.78. The van der Waals surface area contributed by atoms with Crippen LogP contribution in [-0.2, 0) is 14.6 Å². The molecule has 0 saturated heterocycles. The molecule has 1 aromatic rings. The van der Waals surface area contributed by atoms with Gasteiger partial charge in [-0.15, -0.1) is 0 Å². The van der Waals surface area contributed by atoms with Gasteiger partial charge in [0, 0.05) is 0 Å². The fraction of sp³-hybridized carbons (Fsp3) is 0.250. The van der Waals surface area contributed by atoms with E-state index in [9.17, 15) is 13.2 Å². The van der Waals surface area contributed by atoms with Crippen molar-refractivity contribution in [3.63, 3.8) is 0 Å². The molecule has 90 valence electrons. The smallest absolute Gasteiger partial charge is 0.337 e. The minimum Gasteiger partial charge on any atom is -0.465 e. The third kappa shape index (κ3) is 1.86. The van der Waals surface area contributed by atoms with E-state index in [-0.39, 0.29) is 10.5 Å². The number of hydrogen-bond donors (Lipinski definition) is 0. The number of benzene rings is 1. The van der Waals surface area contributed by atoms with Crippen molar-refractivity contribution in [2.75, 3.05) is 7.11 Å². The minimum absolute atomic E-state index is 0.190. The number of fused-ring (bicyclic) bond motifs is 1. The number of hydrogen-bond acceptors (Lipinski definition) is 4. The van der Waals surface area contributed by atoms with Gasteiger partial charge in [0.1, 0.15) is 0 Å².